The van der Waals surface area contributed by atoms with E-state index in [2.05, 4.69) is 68.4 Å². The van der Waals surface area contributed by atoms with Crippen LogP contribution in [0.5, 0.6) is 5.75 Å². The van der Waals surface area contributed by atoms with Gasteiger partial charge in [-0.05, 0) is 104 Å². The van der Waals surface area contributed by atoms with E-state index < -0.39 is 0 Å². The Morgan fingerprint density at radius 3 is 2.03 bits per heavy atom. The number of ether oxygens (including phenoxy) is 1. The van der Waals surface area contributed by atoms with Crippen molar-refractivity contribution in [1.82, 2.24) is 0 Å². The van der Waals surface area contributed by atoms with Crippen molar-refractivity contribution in [2.75, 3.05) is 0 Å². The highest BCUT2D eigenvalue weighted by molar-refractivity contribution is 7.97. The smallest absolute Gasteiger partial charge is 0.170 e. The van der Waals surface area contributed by atoms with Crippen LogP contribution in [0.1, 0.15) is 46.0 Å². The maximum absolute atomic E-state index is 15.9. The van der Waals surface area contributed by atoms with Gasteiger partial charge in [0.2, 0.25) is 0 Å². The van der Waals surface area contributed by atoms with Gasteiger partial charge in [-0.2, -0.15) is 0 Å². The minimum Gasteiger partial charge on any atom is -0.484 e. The van der Waals surface area contributed by atoms with Crippen LogP contribution in [0.25, 0.3) is 0 Å². The first kappa shape index (κ1) is 22.9. The van der Waals surface area contributed by atoms with Crippen LogP contribution in [0.4, 0.5) is 4.39 Å². The molecule has 36 heavy (non-hydrogen) atoms. The van der Waals surface area contributed by atoms with E-state index in [9.17, 15) is 0 Å². The van der Waals surface area contributed by atoms with E-state index >= 15 is 4.39 Å². The van der Waals surface area contributed by atoms with E-state index in [0.29, 0.717) is 17.6 Å². The Labute approximate surface area is 217 Å². The normalized spacial score (nSPS) is 34.0. The van der Waals surface area contributed by atoms with Gasteiger partial charge >= 0.3 is 0 Å². The Morgan fingerprint density at radius 1 is 0.778 bits per heavy atom. The maximum atomic E-state index is 15.9. The van der Waals surface area contributed by atoms with E-state index in [1.54, 1.807) is 6.07 Å². The molecule has 7 atom stereocenters. The second-order valence-electron chi connectivity index (χ2n) is 12.0. The summed E-state index contributed by atoms with van der Waals surface area (Å²) in [5.74, 6) is 5.58. The molecule has 0 saturated heterocycles. The van der Waals surface area contributed by atoms with Crippen LogP contribution < -0.4 is 4.74 Å². The molecule has 7 unspecified atom stereocenters. The quantitative estimate of drug-likeness (QED) is 0.244. The van der Waals surface area contributed by atoms with Gasteiger partial charge in [0.05, 0.1) is 10.9 Å². The molecule has 7 rings (SSSR count). The Hall–Kier alpha value is -2.26. The topological polar surface area (TPSA) is 9.23 Å². The summed E-state index contributed by atoms with van der Waals surface area (Å²) in [6.45, 7) is 4.61. The van der Waals surface area contributed by atoms with Gasteiger partial charge in [0.1, 0.15) is 5.60 Å². The van der Waals surface area contributed by atoms with E-state index in [0.717, 1.165) is 40.9 Å². The molecule has 4 aliphatic rings. The average Bonchev–Trinajstić information content (AvgIpc) is 3.67. The van der Waals surface area contributed by atoms with Crippen molar-refractivity contribution in [3.05, 3.63) is 84.7 Å². The molecule has 0 N–H and O–H groups in total. The van der Waals surface area contributed by atoms with Gasteiger partial charge in [0.25, 0.3) is 0 Å². The highest BCUT2D eigenvalue weighted by atomic mass is 32.2. The number of halogens is 1. The zero-order chi connectivity index (χ0) is 24.4. The van der Waals surface area contributed by atoms with Gasteiger partial charge in [-0.25, -0.2) is 4.39 Å². The first-order valence-corrected chi connectivity index (χ1v) is 15.1. The largest absolute Gasteiger partial charge is 0.484 e. The van der Waals surface area contributed by atoms with Crippen molar-refractivity contribution in [2.45, 2.75) is 66.2 Å². The fourth-order valence-electron chi connectivity index (χ4n) is 8.94. The zero-order valence-electron chi connectivity index (χ0n) is 21.3. The molecular weight excluding hydrogens is 463 g/mol. The highest BCUT2D eigenvalue weighted by Crippen LogP contribution is 2.71. The summed E-state index contributed by atoms with van der Waals surface area (Å²) in [6.07, 6.45) is 6.71. The fourth-order valence-corrected chi connectivity index (χ4v) is 11.0. The minimum absolute atomic E-state index is 0.218. The van der Waals surface area contributed by atoms with Crippen LogP contribution in [-0.2, 0) is 10.9 Å². The summed E-state index contributed by atoms with van der Waals surface area (Å²) in [7, 11) is -0.358. The predicted molar refractivity (Wildman–Crippen MR) is 144 cm³/mol. The monoisotopic (exact) mass is 499 g/mol. The number of benzene rings is 3. The lowest BCUT2D eigenvalue weighted by Crippen LogP contribution is -2.52. The standard InChI is InChI=1S/C33H36FOS/c1-21(2)33(20-24-18-28(33)32-23-14-13-22(17-23)31(24)32)35-30-16-15-27(19-29(30)34)36(25-9-5-3-6-10-25)26-11-7-4-8-12-26/h3-12,15-16,19,21-24,28,31-32H,13-14,17-18,20H2,1-2H3/q+1. The molecular formula is C33H36FOS+. The zero-order valence-corrected chi connectivity index (χ0v) is 22.1. The third kappa shape index (κ3) is 3.41. The van der Waals surface area contributed by atoms with Crippen molar-refractivity contribution in [3.63, 3.8) is 0 Å². The van der Waals surface area contributed by atoms with Crippen molar-refractivity contribution < 1.29 is 9.13 Å². The second-order valence-corrected chi connectivity index (χ2v) is 14.1. The lowest BCUT2D eigenvalue weighted by atomic mass is 9.63. The Balaban J connectivity index is 1.22. The van der Waals surface area contributed by atoms with Gasteiger partial charge in [-0.1, -0.05) is 50.2 Å². The molecule has 0 amide bonds. The van der Waals surface area contributed by atoms with E-state index in [1.807, 2.05) is 18.2 Å². The van der Waals surface area contributed by atoms with Gasteiger partial charge in [0, 0.05) is 12.0 Å². The molecule has 3 heteroatoms. The number of hydrogen-bond donors (Lipinski definition) is 0. The molecule has 4 aliphatic carbocycles. The van der Waals surface area contributed by atoms with Crippen LogP contribution >= 0.6 is 0 Å². The first-order valence-electron chi connectivity index (χ1n) is 13.9. The molecule has 3 aromatic carbocycles. The van der Waals surface area contributed by atoms with Crippen LogP contribution in [0.3, 0.4) is 0 Å². The summed E-state index contributed by atoms with van der Waals surface area (Å²) in [5, 5.41) is 0. The highest BCUT2D eigenvalue weighted by Gasteiger charge is 2.68. The summed E-state index contributed by atoms with van der Waals surface area (Å²) < 4.78 is 22.7. The molecule has 4 bridgehead atoms. The third-order valence-electron chi connectivity index (χ3n) is 10.2. The average molecular weight is 500 g/mol. The number of rotatable bonds is 6. The van der Waals surface area contributed by atoms with Crippen molar-refractivity contribution in [1.29, 1.82) is 0 Å². The van der Waals surface area contributed by atoms with E-state index in [4.69, 9.17) is 4.74 Å². The van der Waals surface area contributed by atoms with Crippen molar-refractivity contribution in [2.24, 2.45) is 41.4 Å². The van der Waals surface area contributed by atoms with Gasteiger partial charge in [-0.15, -0.1) is 0 Å². The van der Waals surface area contributed by atoms with Crippen LogP contribution in [0, 0.1) is 47.2 Å². The third-order valence-corrected chi connectivity index (χ3v) is 12.4. The van der Waals surface area contributed by atoms with E-state index in [1.165, 1.54) is 35.5 Å². The molecule has 0 spiro atoms. The predicted octanol–water partition coefficient (Wildman–Crippen LogP) is 8.40. The molecule has 3 aromatic rings. The number of fused-ring (bicyclic) bond motifs is 9. The van der Waals surface area contributed by atoms with Gasteiger partial charge < -0.3 is 4.74 Å². The Kier molecular flexibility index (Phi) is 5.50. The minimum atomic E-state index is -0.358. The molecule has 186 valence electrons. The molecule has 0 radical (unpaired) electrons. The van der Waals surface area contributed by atoms with Gasteiger partial charge in [0.15, 0.2) is 26.3 Å². The summed E-state index contributed by atoms with van der Waals surface area (Å²) in [6, 6.07) is 26.7. The Bertz CT molecular complexity index is 1200. The van der Waals surface area contributed by atoms with Crippen LogP contribution in [0.2, 0.25) is 0 Å². The molecule has 0 heterocycles. The van der Waals surface area contributed by atoms with Crippen LogP contribution in [0.15, 0.2) is 93.5 Å². The molecule has 1 nitrogen and oxygen atoms in total. The van der Waals surface area contributed by atoms with Crippen LogP contribution in [-0.4, -0.2) is 5.60 Å². The van der Waals surface area contributed by atoms with Crippen molar-refractivity contribution >= 4 is 10.9 Å². The lowest BCUT2D eigenvalue weighted by molar-refractivity contribution is -0.0768. The summed E-state index contributed by atoms with van der Waals surface area (Å²) in [4.78, 5) is 3.40. The second kappa shape index (κ2) is 8.65. The Morgan fingerprint density at radius 2 is 1.42 bits per heavy atom. The first-order chi connectivity index (χ1) is 17.5. The van der Waals surface area contributed by atoms with E-state index in [-0.39, 0.29) is 22.3 Å². The van der Waals surface area contributed by atoms with Gasteiger partial charge in [-0.3, -0.25) is 0 Å². The molecule has 0 aliphatic heterocycles. The summed E-state index contributed by atoms with van der Waals surface area (Å²) >= 11 is 0. The summed E-state index contributed by atoms with van der Waals surface area (Å²) in [5.41, 5.74) is -0.223. The SMILES string of the molecule is CC(C)C1(Oc2ccc([S+](c3ccccc3)c3ccccc3)cc2F)CC2CC1C1C3CCC(C3)C21. The number of hydrogen-bond acceptors (Lipinski definition) is 1. The fraction of sp³-hybridized carbons (Fsp3) is 0.455. The lowest BCUT2D eigenvalue weighted by Gasteiger charge is -2.48. The maximum Gasteiger partial charge on any atom is 0.170 e. The molecule has 4 fully saturated rings. The molecule has 4 saturated carbocycles. The molecule has 0 aromatic heterocycles. The van der Waals surface area contributed by atoms with Crippen molar-refractivity contribution in [3.8, 4) is 5.75 Å².